The van der Waals surface area contributed by atoms with Gasteiger partial charge in [0.05, 0.1) is 13.1 Å². The lowest BCUT2D eigenvalue weighted by atomic mass is 9.99. The Bertz CT molecular complexity index is 390. The number of carbonyl (C=O) groups excluding carboxylic acids is 1. The number of hydrogen-bond donors (Lipinski definition) is 3. The number of amides is 2. The average molecular weight is 319 g/mol. The highest BCUT2D eigenvalue weighted by molar-refractivity contribution is 9.11. The van der Waals surface area contributed by atoms with E-state index in [-0.39, 0.29) is 12.6 Å². The topological polar surface area (TPSA) is 61.4 Å². The number of nitrogens with one attached hydrogen (secondary N) is 2. The van der Waals surface area contributed by atoms with E-state index in [2.05, 4.69) is 33.1 Å². The van der Waals surface area contributed by atoms with E-state index < -0.39 is 5.60 Å². The van der Waals surface area contributed by atoms with E-state index in [4.69, 9.17) is 0 Å². The van der Waals surface area contributed by atoms with Gasteiger partial charge in [-0.3, -0.25) is 0 Å². The molecule has 0 aliphatic carbocycles. The molecule has 0 fully saturated rings. The van der Waals surface area contributed by atoms with Crippen molar-refractivity contribution in [2.45, 2.75) is 12.5 Å². The van der Waals surface area contributed by atoms with Gasteiger partial charge in [-0.25, -0.2) is 4.79 Å². The van der Waals surface area contributed by atoms with Crippen LogP contribution in [0.15, 0.2) is 27.9 Å². The van der Waals surface area contributed by atoms with Crippen LogP contribution in [0.25, 0.3) is 0 Å². The Morgan fingerprint density at radius 1 is 1.65 bits per heavy atom. The lowest BCUT2D eigenvalue weighted by molar-refractivity contribution is 0.0599. The number of hydrogen-bond acceptors (Lipinski definition) is 3. The van der Waals surface area contributed by atoms with Crippen LogP contribution in [-0.4, -0.2) is 24.2 Å². The summed E-state index contributed by atoms with van der Waals surface area (Å²) in [5.74, 6) is 0. The first-order valence-electron chi connectivity index (χ1n) is 5.02. The van der Waals surface area contributed by atoms with Crippen molar-refractivity contribution in [1.82, 2.24) is 10.6 Å². The van der Waals surface area contributed by atoms with Crippen molar-refractivity contribution < 1.29 is 9.90 Å². The zero-order valence-electron chi connectivity index (χ0n) is 9.50. The van der Waals surface area contributed by atoms with Crippen LogP contribution < -0.4 is 10.6 Å². The highest BCUT2D eigenvalue weighted by atomic mass is 79.9. The maximum atomic E-state index is 11.4. The number of urea groups is 1. The van der Waals surface area contributed by atoms with Crippen LogP contribution in [-0.2, 0) is 5.60 Å². The van der Waals surface area contributed by atoms with Crippen LogP contribution in [0.5, 0.6) is 0 Å². The van der Waals surface area contributed by atoms with Crippen LogP contribution >= 0.6 is 27.3 Å². The predicted octanol–water partition coefficient (Wildman–Crippen LogP) is 2.16. The molecule has 4 nitrogen and oxygen atoms in total. The number of thiophene rings is 1. The monoisotopic (exact) mass is 318 g/mol. The van der Waals surface area contributed by atoms with Gasteiger partial charge in [0.25, 0.3) is 0 Å². The predicted molar refractivity (Wildman–Crippen MR) is 73.4 cm³/mol. The van der Waals surface area contributed by atoms with E-state index in [9.17, 15) is 9.90 Å². The highest BCUT2D eigenvalue weighted by Gasteiger charge is 2.23. The van der Waals surface area contributed by atoms with Gasteiger partial charge in [-0.05, 0) is 29.3 Å². The van der Waals surface area contributed by atoms with Crippen LogP contribution in [0, 0.1) is 0 Å². The molecule has 0 radical (unpaired) electrons. The van der Waals surface area contributed by atoms with Crippen molar-refractivity contribution in [1.29, 1.82) is 0 Å². The summed E-state index contributed by atoms with van der Waals surface area (Å²) in [4.78, 5) is 11.4. The van der Waals surface area contributed by atoms with Gasteiger partial charge in [0.1, 0.15) is 5.60 Å². The summed E-state index contributed by atoms with van der Waals surface area (Å²) < 4.78 is 0.692. The smallest absolute Gasteiger partial charge is 0.315 e. The molecule has 0 aliphatic heterocycles. The largest absolute Gasteiger partial charge is 0.384 e. The first-order valence-corrected chi connectivity index (χ1v) is 6.75. The van der Waals surface area contributed by atoms with Crippen LogP contribution in [0.4, 0.5) is 4.79 Å². The van der Waals surface area contributed by atoms with E-state index in [1.54, 1.807) is 6.92 Å². The minimum atomic E-state index is -1.05. The van der Waals surface area contributed by atoms with Crippen LogP contribution in [0.1, 0.15) is 12.5 Å². The summed E-state index contributed by atoms with van der Waals surface area (Å²) in [5.41, 5.74) is -0.254. The van der Waals surface area contributed by atoms with Gasteiger partial charge in [-0.2, -0.15) is 11.3 Å². The second-order valence-electron chi connectivity index (χ2n) is 3.84. The lowest BCUT2D eigenvalue weighted by Crippen LogP contribution is -2.43. The molecule has 1 rings (SSSR count). The van der Waals surface area contributed by atoms with E-state index in [0.29, 0.717) is 11.0 Å². The van der Waals surface area contributed by atoms with Gasteiger partial charge in [0.2, 0.25) is 0 Å². The quantitative estimate of drug-likeness (QED) is 0.779. The van der Waals surface area contributed by atoms with Gasteiger partial charge in [-0.1, -0.05) is 22.5 Å². The van der Waals surface area contributed by atoms with Crippen molar-refractivity contribution in [2.75, 3.05) is 13.1 Å². The third-order valence-corrected chi connectivity index (χ3v) is 3.14. The van der Waals surface area contributed by atoms with E-state index >= 15 is 0 Å². The maximum absolute atomic E-state index is 11.4. The van der Waals surface area contributed by atoms with Crippen LogP contribution in [0.2, 0.25) is 0 Å². The molecule has 1 heterocycles. The molecule has 0 saturated carbocycles. The zero-order chi connectivity index (χ0) is 12.9. The van der Waals surface area contributed by atoms with E-state index in [1.807, 2.05) is 16.8 Å². The Morgan fingerprint density at radius 3 is 2.88 bits per heavy atom. The van der Waals surface area contributed by atoms with Gasteiger partial charge in [-0.15, -0.1) is 0 Å². The fraction of sp³-hybridized carbons (Fsp3) is 0.364. The Balaban J connectivity index is 2.40. The average Bonchev–Trinajstić information content (AvgIpc) is 2.77. The fourth-order valence-electron chi connectivity index (χ4n) is 1.16. The number of carbonyl (C=O) groups is 1. The van der Waals surface area contributed by atoms with Gasteiger partial charge >= 0.3 is 6.03 Å². The standard InChI is InChI=1S/C11H15BrN2O2S/c1-8(12)5-13-10(15)14-7-11(2,16)9-3-4-17-6-9/h3-4,6,16H,1,5,7H2,2H3,(H2,13,14,15)/t11-/m1/s1. The van der Waals surface area contributed by atoms with Crippen LogP contribution in [0.3, 0.4) is 0 Å². The highest BCUT2D eigenvalue weighted by Crippen LogP contribution is 2.21. The van der Waals surface area contributed by atoms with E-state index in [0.717, 1.165) is 5.56 Å². The molecule has 0 bridgehead atoms. The molecule has 0 spiro atoms. The minimum Gasteiger partial charge on any atom is -0.384 e. The molecule has 0 aliphatic rings. The first kappa shape index (κ1) is 14.2. The molecule has 6 heteroatoms. The Morgan fingerprint density at radius 2 is 2.35 bits per heavy atom. The summed E-state index contributed by atoms with van der Waals surface area (Å²) in [6.07, 6.45) is 0. The van der Waals surface area contributed by atoms with Crippen molar-refractivity contribution >= 4 is 33.3 Å². The minimum absolute atomic E-state index is 0.157. The fourth-order valence-corrected chi connectivity index (χ4v) is 2.09. The first-order chi connectivity index (χ1) is 7.92. The van der Waals surface area contributed by atoms with Crippen molar-refractivity contribution in [3.05, 3.63) is 33.5 Å². The molecule has 94 valence electrons. The van der Waals surface area contributed by atoms with E-state index in [1.165, 1.54) is 11.3 Å². The lowest BCUT2D eigenvalue weighted by Gasteiger charge is -2.22. The number of rotatable bonds is 5. The normalized spacial score (nSPS) is 13.8. The summed E-state index contributed by atoms with van der Waals surface area (Å²) in [7, 11) is 0. The maximum Gasteiger partial charge on any atom is 0.315 e. The van der Waals surface area contributed by atoms with Crippen molar-refractivity contribution in [3.63, 3.8) is 0 Å². The zero-order valence-corrected chi connectivity index (χ0v) is 11.9. The van der Waals surface area contributed by atoms with Gasteiger partial charge in [0, 0.05) is 4.48 Å². The van der Waals surface area contributed by atoms with Gasteiger partial charge in [0.15, 0.2) is 0 Å². The molecule has 2 amide bonds. The molecule has 1 atom stereocenters. The molecular weight excluding hydrogens is 304 g/mol. The molecule has 1 aromatic rings. The third kappa shape index (κ3) is 4.89. The molecule has 0 unspecified atom stereocenters. The van der Waals surface area contributed by atoms with Gasteiger partial charge < -0.3 is 15.7 Å². The molecule has 17 heavy (non-hydrogen) atoms. The summed E-state index contributed by atoms with van der Waals surface area (Å²) >= 11 is 4.65. The summed E-state index contributed by atoms with van der Waals surface area (Å²) in [5, 5.41) is 19.1. The van der Waals surface area contributed by atoms with Crippen molar-refractivity contribution in [2.24, 2.45) is 0 Å². The Hall–Kier alpha value is -0.850. The molecule has 3 N–H and O–H groups in total. The SMILES string of the molecule is C=C(Br)CNC(=O)NC[C@@](C)(O)c1ccsc1. The Kier molecular flexibility index (Phi) is 5.17. The number of aliphatic hydroxyl groups is 1. The second-order valence-corrected chi connectivity index (χ2v) is 5.74. The second kappa shape index (κ2) is 6.18. The summed E-state index contributed by atoms with van der Waals surface area (Å²) in [6.45, 7) is 5.78. The Labute approximate surface area is 113 Å². The number of halogens is 1. The van der Waals surface area contributed by atoms with Crippen molar-refractivity contribution in [3.8, 4) is 0 Å². The molecule has 0 saturated heterocycles. The third-order valence-electron chi connectivity index (χ3n) is 2.18. The molecule has 1 aromatic heterocycles. The molecule has 0 aromatic carbocycles. The summed E-state index contributed by atoms with van der Waals surface area (Å²) in [6, 6.07) is 1.51. The molecular formula is C11H15BrN2O2S.